The molecule has 0 spiro atoms. The summed E-state index contributed by atoms with van der Waals surface area (Å²) >= 11 is 6.35. The van der Waals surface area contributed by atoms with E-state index in [0.29, 0.717) is 31.2 Å². The summed E-state index contributed by atoms with van der Waals surface area (Å²) in [7, 11) is 0. The summed E-state index contributed by atoms with van der Waals surface area (Å²) in [5.41, 5.74) is -0.513. The fourth-order valence-electron chi connectivity index (χ4n) is 4.53. The summed E-state index contributed by atoms with van der Waals surface area (Å²) in [4.78, 5) is 56.3. The van der Waals surface area contributed by atoms with Gasteiger partial charge in [0.1, 0.15) is 23.8 Å². The number of nitrogens with one attached hydrogen (secondary N) is 2. The van der Waals surface area contributed by atoms with Crippen LogP contribution in [-0.4, -0.2) is 96.4 Å². The third-order valence-electron chi connectivity index (χ3n) is 6.16. The molecule has 0 radical (unpaired) electrons. The topological polar surface area (TPSA) is 121 Å². The quantitative estimate of drug-likeness (QED) is 0.563. The van der Waals surface area contributed by atoms with Crippen molar-refractivity contribution < 1.29 is 28.7 Å². The van der Waals surface area contributed by atoms with Crippen LogP contribution in [0.1, 0.15) is 48.0 Å². The molecule has 4 amide bonds. The number of hydrogen-bond donors (Lipinski definition) is 2. The largest absolute Gasteiger partial charge is 0.444 e. The summed E-state index contributed by atoms with van der Waals surface area (Å²) in [6.07, 6.45) is -1.08. The lowest BCUT2D eigenvalue weighted by atomic mass is 10.1. The molecule has 3 rings (SSSR count). The molecule has 1 unspecified atom stereocenters. The molecule has 2 atom stereocenters. The van der Waals surface area contributed by atoms with Gasteiger partial charge in [-0.3, -0.25) is 14.5 Å². The Balaban J connectivity index is 1.63. The molecule has 2 N–H and O–H groups in total. The predicted molar refractivity (Wildman–Crippen MR) is 148 cm³/mol. The first-order valence-electron chi connectivity index (χ1n) is 13.2. The fraction of sp³-hybridized carbons (Fsp3) is 0.630. The molecular formula is C27H40ClN5O6. The Labute approximate surface area is 235 Å². The van der Waals surface area contributed by atoms with Crippen molar-refractivity contribution in [2.75, 3.05) is 44.2 Å². The van der Waals surface area contributed by atoms with Crippen molar-refractivity contribution in [3.63, 3.8) is 0 Å². The van der Waals surface area contributed by atoms with Crippen LogP contribution in [0.15, 0.2) is 24.3 Å². The van der Waals surface area contributed by atoms with Crippen molar-refractivity contribution in [3.05, 3.63) is 29.3 Å². The molecule has 0 bridgehead atoms. The number of piperazine rings is 1. The molecule has 2 heterocycles. The first-order chi connectivity index (χ1) is 18.1. The van der Waals surface area contributed by atoms with Gasteiger partial charge in [-0.2, -0.15) is 0 Å². The van der Waals surface area contributed by atoms with Crippen LogP contribution in [0.2, 0.25) is 5.02 Å². The number of hydrogen-bond acceptors (Lipinski definition) is 7. The van der Waals surface area contributed by atoms with E-state index in [1.807, 2.05) is 24.3 Å². The number of benzene rings is 1. The Morgan fingerprint density at radius 3 is 2.15 bits per heavy atom. The van der Waals surface area contributed by atoms with Gasteiger partial charge in [-0.15, -0.1) is 0 Å². The lowest BCUT2D eigenvalue weighted by Gasteiger charge is -2.38. The van der Waals surface area contributed by atoms with E-state index in [1.165, 1.54) is 4.90 Å². The van der Waals surface area contributed by atoms with Gasteiger partial charge >= 0.3 is 12.2 Å². The van der Waals surface area contributed by atoms with Gasteiger partial charge in [-0.25, -0.2) is 9.59 Å². The SMILES string of the molecule is CC(C)(C)OC(=O)NCC(=O)NC1C[C@@H](C(=O)N2CCN(c3ccccc3Cl)CC2)N(C(=O)OC(C)(C)C)C1. The number of nitrogens with zero attached hydrogens (tertiary/aromatic N) is 3. The van der Waals surface area contributed by atoms with Crippen LogP contribution in [0.25, 0.3) is 0 Å². The molecule has 0 aliphatic carbocycles. The van der Waals surface area contributed by atoms with Gasteiger partial charge < -0.3 is 29.9 Å². The van der Waals surface area contributed by atoms with Gasteiger partial charge in [0.25, 0.3) is 0 Å². The molecule has 0 aromatic heterocycles. The molecule has 2 saturated heterocycles. The second-order valence-corrected chi connectivity index (χ2v) is 12.2. The van der Waals surface area contributed by atoms with Crippen molar-refractivity contribution in [1.29, 1.82) is 0 Å². The summed E-state index contributed by atoms with van der Waals surface area (Å²) in [5.74, 6) is -0.639. The maximum absolute atomic E-state index is 13.6. The molecule has 1 aromatic carbocycles. The molecule has 12 heteroatoms. The molecular weight excluding hydrogens is 526 g/mol. The molecule has 2 fully saturated rings. The van der Waals surface area contributed by atoms with Crippen LogP contribution in [0.4, 0.5) is 15.3 Å². The highest BCUT2D eigenvalue weighted by atomic mass is 35.5. The number of alkyl carbamates (subject to hydrolysis) is 1. The van der Waals surface area contributed by atoms with E-state index in [2.05, 4.69) is 15.5 Å². The first-order valence-corrected chi connectivity index (χ1v) is 13.5. The summed E-state index contributed by atoms with van der Waals surface area (Å²) in [6, 6.07) is 6.32. The highest BCUT2D eigenvalue weighted by Gasteiger charge is 2.44. The monoisotopic (exact) mass is 565 g/mol. The van der Waals surface area contributed by atoms with Crippen molar-refractivity contribution >= 4 is 41.3 Å². The minimum absolute atomic E-state index is 0.114. The van der Waals surface area contributed by atoms with Crippen LogP contribution in [-0.2, 0) is 19.1 Å². The number of para-hydroxylation sites is 1. The predicted octanol–water partition coefficient (Wildman–Crippen LogP) is 3.01. The number of rotatable bonds is 5. The van der Waals surface area contributed by atoms with Crippen LogP contribution in [0.3, 0.4) is 0 Å². The maximum Gasteiger partial charge on any atom is 0.411 e. The van der Waals surface area contributed by atoms with Crippen LogP contribution >= 0.6 is 11.6 Å². The number of halogens is 1. The second kappa shape index (κ2) is 12.3. The maximum atomic E-state index is 13.6. The van der Waals surface area contributed by atoms with Crippen LogP contribution in [0, 0.1) is 0 Å². The normalized spacial score (nSPS) is 19.9. The molecule has 216 valence electrons. The van der Waals surface area contributed by atoms with Crippen LogP contribution in [0.5, 0.6) is 0 Å². The summed E-state index contributed by atoms with van der Waals surface area (Å²) in [5, 5.41) is 5.89. The average Bonchev–Trinajstić information content (AvgIpc) is 3.24. The van der Waals surface area contributed by atoms with Crippen molar-refractivity contribution in [3.8, 4) is 0 Å². The van der Waals surface area contributed by atoms with E-state index in [-0.39, 0.29) is 25.4 Å². The van der Waals surface area contributed by atoms with E-state index in [1.54, 1.807) is 46.4 Å². The highest BCUT2D eigenvalue weighted by molar-refractivity contribution is 6.33. The number of anilines is 1. The van der Waals surface area contributed by atoms with Gasteiger partial charge in [0.05, 0.1) is 10.7 Å². The van der Waals surface area contributed by atoms with E-state index < -0.39 is 41.4 Å². The van der Waals surface area contributed by atoms with Gasteiger partial charge in [0, 0.05) is 38.8 Å². The second-order valence-electron chi connectivity index (χ2n) is 11.8. The number of carbonyl (C=O) groups excluding carboxylic acids is 4. The van der Waals surface area contributed by atoms with Gasteiger partial charge in [-0.1, -0.05) is 23.7 Å². The third kappa shape index (κ3) is 8.91. The Hall–Kier alpha value is -3.21. The standard InChI is InChI=1S/C27H40ClN5O6/c1-26(2,3)38-24(36)29-16-22(34)30-18-15-21(33(17-18)25(37)39-27(4,5)6)23(35)32-13-11-31(12-14-32)20-10-8-7-9-19(20)28/h7-10,18,21H,11-17H2,1-6H3,(H,29,36)(H,30,34)/t18?,21-/m0/s1. The van der Waals surface area contributed by atoms with Crippen molar-refractivity contribution in [2.45, 2.75) is 71.2 Å². The zero-order chi connectivity index (χ0) is 29.0. The Kier molecular flexibility index (Phi) is 9.58. The van der Waals surface area contributed by atoms with Crippen molar-refractivity contribution in [2.24, 2.45) is 0 Å². The fourth-order valence-corrected chi connectivity index (χ4v) is 4.78. The average molecular weight is 566 g/mol. The highest BCUT2D eigenvalue weighted by Crippen LogP contribution is 2.28. The van der Waals surface area contributed by atoms with Gasteiger partial charge in [0.2, 0.25) is 11.8 Å². The number of amides is 4. The van der Waals surface area contributed by atoms with E-state index in [9.17, 15) is 19.2 Å². The van der Waals surface area contributed by atoms with Crippen molar-refractivity contribution in [1.82, 2.24) is 20.4 Å². The molecule has 1 aromatic rings. The molecule has 39 heavy (non-hydrogen) atoms. The summed E-state index contributed by atoms with van der Waals surface area (Å²) < 4.78 is 10.7. The molecule has 11 nitrogen and oxygen atoms in total. The lowest BCUT2D eigenvalue weighted by Crippen LogP contribution is -2.55. The van der Waals surface area contributed by atoms with Gasteiger partial charge in [0.15, 0.2) is 0 Å². The van der Waals surface area contributed by atoms with Crippen LogP contribution < -0.4 is 15.5 Å². The van der Waals surface area contributed by atoms with E-state index >= 15 is 0 Å². The minimum atomic E-state index is -0.782. The summed E-state index contributed by atoms with van der Waals surface area (Å²) in [6.45, 7) is 12.4. The molecule has 2 aliphatic heterocycles. The number of ether oxygens (including phenoxy) is 2. The zero-order valence-electron chi connectivity index (χ0n) is 23.6. The molecule has 0 saturated carbocycles. The van der Waals surface area contributed by atoms with E-state index in [4.69, 9.17) is 21.1 Å². The number of carbonyl (C=O) groups is 4. The number of likely N-dealkylation sites (tertiary alicyclic amines) is 1. The Bertz CT molecular complexity index is 1060. The zero-order valence-corrected chi connectivity index (χ0v) is 24.3. The molecule has 2 aliphatic rings. The van der Waals surface area contributed by atoms with E-state index in [0.717, 1.165) is 5.69 Å². The third-order valence-corrected chi connectivity index (χ3v) is 6.48. The first kappa shape index (κ1) is 30.3. The lowest BCUT2D eigenvalue weighted by molar-refractivity contribution is -0.136. The Morgan fingerprint density at radius 2 is 1.56 bits per heavy atom. The van der Waals surface area contributed by atoms with Gasteiger partial charge in [-0.05, 0) is 60.1 Å². The Morgan fingerprint density at radius 1 is 0.949 bits per heavy atom. The smallest absolute Gasteiger partial charge is 0.411 e. The minimum Gasteiger partial charge on any atom is -0.444 e.